The van der Waals surface area contributed by atoms with Gasteiger partial charge in [0.2, 0.25) is 5.91 Å². The molecule has 0 aliphatic carbocycles. The van der Waals surface area contributed by atoms with Gasteiger partial charge in [0.15, 0.2) is 24.6 Å². The van der Waals surface area contributed by atoms with Crippen molar-refractivity contribution in [2.45, 2.75) is 70.7 Å². The summed E-state index contributed by atoms with van der Waals surface area (Å²) in [5.41, 5.74) is 2.01. The average molecular weight is 593 g/mol. The number of anilines is 1. The number of alkyl halides is 3. The van der Waals surface area contributed by atoms with Gasteiger partial charge < -0.3 is 29.2 Å². The van der Waals surface area contributed by atoms with E-state index in [1.807, 2.05) is 24.3 Å². The zero-order valence-corrected chi connectivity index (χ0v) is 23.7. The zero-order chi connectivity index (χ0) is 28.9. The summed E-state index contributed by atoms with van der Waals surface area (Å²) < 4.78 is 36.1. The molecule has 1 aromatic carbocycles. The Balaban J connectivity index is 2.00. The van der Waals surface area contributed by atoms with Gasteiger partial charge in [0.05, 0.1) is 0 Å². The summed E-state index contributed by atoms with van der Waals surface area (Å²) in [5, 5.41) is 2.46. The van der Waals surface area contributed by atoms with Crippen LogP contribution in [0.3, 0.4) is 0 Å². The van der Waals surface area contributed by atoms with Gasteiger partial charge in [0.25, 0.3) is 0 Å². The summed E-state index contributed by atoms with van der Waals surface area (Å²) in [4.78, 5) is 49.3. The highest BCUT2D eigenvalue weighted by Crippen LogP contribution is 2.28. The lowest BCUT2D eigenvalue weighted by Gasteiger charge is -2.42. The van der Waals surface area contributed by atoms with Crippen molar-refractivity contribution in [1.82, 2.24) is 5.32 Å². The Labute approximate surface area is 237 Å². The fraction of sp³-hybridized carbons (Fsp3) is 0.615. The molecule has 0 radical (unpaired) electrons. The van der Waals surface area contributed by atoms with Crippen LogP contribution >= 0.6 is 23.2 Å². The molecule has 1 aromatic rings. The molecule has 10 nitrogen and oxygen atoms in total. The highest BCUT2D eigenvalue weighted by atomic mass is 35.5. The van der Waals surface area contributed by atoms with Gasteiger partial charge in [-0.1, -0.05) is 12.1 Å². The Morgan fingerprint density at radius 1 is 0.949 bits per heavy atom. The topological polar surface area (TPSA) is 120 Å². The molecule has 1 saturated heterocycles. The lowest BCUT2D eigenvalue weighted by molar-refractivity contribution is -0.239. The largest absolute Gasteiger partial charge is 0.463 e. The number of esters is 3. The molecule has 0 unspecified atom stereocenters. The van der Waals surface area contributed by atoms with Crippen molar-refractivity contribution >= 4 is 52.7 Å². The third-order valence-electron chi connectivity index (χ3n) is 5.85. The van der Waals surface area contributed by atoms with Gasteiger partial charge in [-0.3, -0.25) is 19.2 Å². The van der Waals surface area contributed by atoms with Crippen molar-refractivity contribution in [1.29, 1.82) is 0 Å². The average Bonchev–Trinajstić information content (AvgIpc) is 2.87. The van der Waals surface area contributed by atoms with Crippen LogP contribution in [0, 0.1) is 0 Å². The number of aryl methyl sites for hydroxylation is 1. The molecule has 0 bridgehead atoms. The van der Waals surface area contributed by atoms with Crippen molar-refractivity contribution in [3.8, 4) is 0 Å². The van der Waals surface area contributed by atoms with Crippen LogP contribution in [0.4, 0.5) is 10.1 Å². The number of halogens is 3. The second-order valence-electron chi connectivity index (χ2n) is 8.94. The van der Waals surface area contributed by atoms with Crippen LogP contribution in [0.1, 0.15) is 39.2 Å². The van der Waals surface area contributed by atoms with E-state index < -0.39 is 61.1 Å². The van der Waals surface area contributed by atoms with Gasteiger partial charge in [-0.2, -0.15) is 0 Å². The Bertz CT molecular complexity index is 962. The predicted molar refractivity (Wildman–Crippen MR) is 142 cm³/mol. The minimum atomic E-state index is -2.05. The molecule has 1 aliphatic rings. The number of nitrogens with zero attached hydrogens (tertiary/aromatic N) is 1. The van der Waals surface area contributed by atoms with E-state index in [4.69, 9.17) is 42.1 Å². The first kappa shape index (κ1) is 32.6. The Hall–Kier alpha value is -2.63. The quantitative estimate of drug-likeness (QED) is 0.197. The molecule has 1 aliphatic heterocycles. The van der Waals surface area contributed by atoms with E-state index in [-0.39, 0.29) is 6.42 Å². The Kier molecular flexibility index (Phi) is 13.8. The number of rotatable bonds is 14. The van der Waals surface area contributed by atoms with Crippen LogP contribution in [0.25, 0.3) is 0 Å². The standard InChI is InChI=1S/C26H35Cl2FN2O8/c1-16(32)36-15-21-24(37-17(2)33)25(38-18(3)34)23(29)26(39-21)30-22(35)6-4-5-19-7-9-20(10-8-19)31(13-11-27)14-12-28/h7-10,21,23-26H,4-6,11-15H2,1-3H3,(H,30,35)/t21-,23+,24-,25-,26-/m1/s1. The third-order valence-corrected chi connectivity index (χ3v) is 6.19. The first-order valence-electron chi connectivity index (χ1n) is 12.6. The molecule has 0 saturated carbocycles. The summed E-state index contributed by atoms with van der Waals surface area (Å²) >= 11 is 11.7. The molecule has 218 valence electrons. The van der Waals surface area contributed by atoms with Crippen molar-refractivity contribution in [3.05, 3.63) is 29.8 Å². The van der Waals surface area contributed by atoms with Crippen LogP contribution in [-0.2, 0) is 44.5 Å². The maximum Gasteiger partial charge on any atom is 0.303 e. The summed E-state index contributed by atoms with van der Waals surface area (Å²) in [7, 11) is 0. The molecule has 0 spiro atoms. The molecule has 1 fully saturated rings. The maximum atomic E-state index is 15.4. The van der Waals surface area contributed by atoms with E-state index in [9.17, 15) is 19.2 Å². The van der Waals surface area contributed by atoms with Crippen molar-refractivity contribution in [3.63, 3.8) is 0 Å². The number of amides is 1. The van der Waals surface area contributed by atoms with Gasteiger partial charge >= 0.3 is 17.9 Å². The summed E-state index contributed by atoms with van der Waals surface area (Å²) in [6.07, 6.45) is -6.58. The van der Waals surface area contributed by atoms with Gasteiger partial charge in [-0.25, -0.2) is 4.39 Å². The fourth-order valence-corrected chi connectivity index (χ4v) is 4.55. The van der Waals surface area contributed by atoms with Crippen LogP contribution in [0.5, 0.6) is 0 Å². The molecule has 5 atom stereocenters. The second-order valence-corrected chi connectivity index (χ2v) is 9.70. The minimum absolute atomic E-state index is 0.0686. The van der Waals surface area contributed by atoms with Crippen LogP contribution < -0.4 is 10.2 Å². The van der Waals surface area contributed by atoms with Crippen LogP contribution in [0.15, 0.2) is 24.3 Å². The van der Waals surface area contributed by atoms with Crippen molar-refractivity contribution in [2.24, 2.45) is 0 Å². The summed E-state index contributed by atoms with van der Waals surface area (Å²) in [6.45, 7) is 4.27. The molecular formula is C26H35Cl2FN2O8. The molecule has 13 heteroatoms. The summed E-state index contributed by atoms with van der Waals surface area (Å²) in [5.74, 6) is -1.78. The van der Waals surface area contributed by atoms with Gasteiger partial charge in [-0.15, -0.1) is 23.2 Å². The predicted octanol–water partition coefficient (Wildman–Crippen LogP) is 2.90. The molecule has 0 aromatic heterocycles. The Morgan fingerprint density at radius 3 is 2.08 bits per heavy atom. The zero-order valence-electron chi connectivity index (χ0n) is 22.2. The molecule has 1 amide bonds. The number of hydrogen-bond donors (Lipinski definition) is 1. The minimum Gasteiger partial charge on any atom is -0.463 e. The van der Waals surface area contributed by atoms with E-state index in [1.54, 1.807) is 0 Å². The smallest absolute Gasteiger partial charge is 0.303 e. The first-order valence-corrected chi connectivity index (χ1v) is 13.6. The normalized spacial score (nSPS) is 22.5. The van der Waals surface area contributed by atoms with Gasteiger partial charge in [0.1, 0.15) is 12.7 Å². The highest BCUT2D eigenvalue weighted by Gasteiger charge is 2.51. The number of carbonyl (C=O) groups excluding carboxylic acids is 4. The first-order chi connectivity index (χ1) is 18.5. The van der Waals surface area contributed by atoms with Crippen molar-refractivity contribution < 1.29 is 42.5 Å². The number of benzene rings is 1. The van der Waals surface area contributed by atoms with E-state index in [0.717, 1.165) is 32.0 Å². The van der Waals surface area contributed by atoms with E-state index in [1.165, 1.54) is 0 Å². The number of nitrogens with one attached hydrogen (secondary N) is 1. The maximum absolute atomic E-state index is 15.4. The molecule has 39 heavy (non-hydrogen) atoms. The van der Waals surface area contributed by atoms with Gasteiger partial charge in [-0.05, 0) is 30.5 Å². The van der Waals surface area contributed by atoms with Crippen LogP contribution in [-0.4, -0.2) is 86.0 Å². The van der Waals surface area contributed by atoms with Crippen LogP contribution in [0.2, 0.25) is 0 Å². The lowest BCUT2D eigenvalue weighted by Crippen LogP contribution is -2.63. The molecular weight excluding hydrogens is 558 g/mol. The van der Waals surface area contributed by atoms with E-state index in [0.29, 0.717) is 37.7 Å². The number of ether oxygens (including phenoxy) is 4. The summed E-state index contributed by atoms with van der Waals surface area (Å²) in [6, 6.07) is 7.86. The third kappa shape index (κ3) is 10.8. The van der Waals surface area contributed by atoms with Gasteiger partial charge in [0, 0.05) is 57.7 Å². The second kappa shape index (κ2) is 16.5. The Morgan fingerprint density at radius 2 is 1.54 bits per heavy atom. The molecule has 1 N–H and O–H groups in total. The lowest BCUT2D eigenvalue weighted by atomic mass is 9.98. The molecule has 2 rings (SSSR count). The van der Waals surface area contributed by atoms with E-state index >= 15 is 4.39 Å². The monoisotopic (exact) mass is 592 g/mol. The fourth-order valence-electron chi connectivity index (χ4n) is 4.14. The SMILES string of the molecule is CC(=O)OC[C@H]1O[C@@H](NC(=O)CCCc2ccc(N(CCCl)CCCl)cc2)[C@@H](F)[C@@H](OC(C)=O)[C@@H]1OC(C)=O. The molecule has 1 heterocycles. The highest BCUT2D eigenvalue weighted by molar-refractivity contribution is 6.18. The van der Waals surface area contributed by atoms with E-state index in [2.05, 4.69) is 10.2 Å². The number of hydrogen-bond acceptors (Lipinski definition) is 9. The van der Waals surface area contributed by atoms with Crippen molar-refractivity contribution in [2.75, 3.05) is 36.4 Å². The number of carbonyl (C=O) groups is 4.